The second kappa shape index (κ2) is 10.3. The van der Waals surface area contributed by atoms with Gasteiger partial charge in [0.15, 0.2) is 5.78 Å². The lowest BCUT2D eigenvalue weighted by Crippen LogP contribution is -2.23. The summed E-state index contributed by atoms with van der Waals surface area (Å²) in [5.41, 5.74) is 2.46. The summed E-state index contributed by atoms with van der Waals surface area (Å²) in [5, 5.41) is 2.53. The lowest BCUT2D eigenvalue weighted by molar-refractivity contribution is -0.0346. The van der Waals surface area contributed by atoms with Gasteiger partial charge in [0.05, 0.1) is 20.6 Å². The van der Waals surface area contributed by atoms with Gasteiger partial charge in [-0.2, -0.15) is 0 Å². The van der Waals surface area contributed by atoms with Gasteiger partial charge >= 0.3 is 0 Å². The van der Waals surface area contributed by atoms with E-state index in [0.717, 1.165) is 31.5 Å². The number of allylic oxidation sites excluding steroid dienone is 1. The molecule has 2 aliphatic rings. The van der Waals surface area contributed by atoms with Crippen molar-refractivity contribution in [2.24, 2.45) is 0 Å². The van der Waals surface area contributed by atoms with Crippen molar-refractivity contribution in [3.8, 4) is 5.75 Å². The van der Waals surface area contributed by atoms with Gasteiger partial charge in [-0.1, -0.05) is 41.9 Å². The van der Waals surface area contributed by atoms with E-state index in [4.69, 9.17) is 16.4 Å². The highest BCUT2D eigenvalue weighted by Crippen LogP contribution is 2.43. The highest BCUT2D eigenvalue weighted by Gasteiger charge is 2.33. The fourth-order valence-corrected chi connectivity index (χ4v) is 5.63. The van der Waals surface area contributed by atoms with Crippen molar-refractivity contribution < 1.29 is 13.8 Å². The molecule has 0 bridgehead atoms. The Morgan fingerprint density at radius 2 is 1.55 bits per heavy atom. The summed E-state index contributed by atoms with van der Waals surface area (Å²) < 4.78 is 13.3. The molecule has 1 fully saturated rings. The summed E-state index contributed by atoms with van der Waals surface area (Å²) in [7, 11) is -1.44. The smallest absolute Gasteiger partial charge is 0.194 e. The molecule has 1 unspecified atom stereocenters. The number of carbonyl (C=O) groups is 1. The zero-order chi connectivity index (χ0) is 23.4. The molecule has 33 heavy (non-hydrogen) atoms. The first-order chi connectivity index (χ1) is 16.1. The Kier molecular flexibility index (Phi) is 7.23. The minimum absolute atomic E-state index is 0.157. The third-order valence-electron chi connectivity index (χ3n) is 5.52. The summed E-state index contributed by atoms with van der Waals surface area (Å²) in [5.74, 6) is 0.553. The number of hydrogen-bond acceptors (Lipinski definition) is 4. The standard InChI is InChI=1S/C25H20ClNO3S.C2H4/c26-19-11-7-18(8-12-19)25-23(21-5-1-2-6-22(21)31(25)29)24(28)17-9-13-20(14-10-17)30-27-15-3-4-16-27;1-2/h1-2,5-14H,3-4,15-16H2;1-2H2. The Morgan fingerprint density at radius 3 is 2.21 bits per heavy atom. The normalized spacial score (nSPS) is 17.3. The number of nitrogens with zero attached hydrogens (tertiary/aromatic N) is 1. The highest BCUT2D eigenvalue weighted by molar-refractivity contribution is 7.95. The second-order valence-electron chi connectivity index (χ2n) is 7.56. The molecule has 0 saturated carbocycles. The molecule has 1 atom stereocenters. The molecule has 0 radical (unpaired) electrons. The lowest BCUT2D eigenvalue weighted by Gasteiger charge is -2.16. The number of halogens is 1. The van der Waals surface area contributed by atoms with Crippen molar-refractivity contribution in [2.45, 2.75) is 17.7 Å². The largest absolute Gasteiger partial charge is 0.406 e. The summed E-state index contributed by atoms with van der Waals surface area (Å²) in [4.78, 5) is 20.6. The first kappa shape index (κ1) is 23.2. The van der Waals surface area contributed by atoms with Gasteiger partial charge in [-0.3, -0.25) is 4.79 Å². The van der Waals surface area contributed by atoms with Crippen LogP contribution in [-0.2, 0) is 10.8 Å². The topological polar surface area (TPSA) is 46.6 Å². The number of fused-ring (bicyclic) bond motifs is 1. The maximum absolute atomic E-state index is 13.6. The summed E-state index contributed by atoms with van der Waals surface area (Å²) in [6.45, 7) is 7.83. The van der Waals surface area contributed by atoms with E-state index in [2.05, 4.69) is 13.2 Å². The van der Waals surface area contributed by atoms with Gasteiger partial charge in [0.2, 0.25) is 0 Å². The van der Waals surface area contributed by atoms with E-state index in [-0.39, 0.29) is 5.78 Å². The number of hydrogen-bond donors (Lipinski definition) is 0. The first-order valence-electron chi connectivity index (χ1n) is 10.7. The van der Waals surface area contributed by atoms with Gasteiger partial charge in [-0.25, -0.2) is 4.21 Å². The molecule has 168 valence electrons. The Bertz CT molecular complexity index is 1210. The molecule has 0 amide bonds. The lowest BCUT2D eigenvalue weighted by atomic mass is 9.94. The van der Waals surface area contributed by atoms with Crippen molar-refractivity contribution in [2.75, 3.05) is 13.1 Å². The van der Waals surface area contributed by atoms with Crippen LogP contribution < -0.4 is 4.84 Å². The fraction of sp³-hybridized carbons (Fsp3) is 0.148. The molecule has 0 spiro atoms. The molecule has 3 aromatic rings. The van der Waals surface area contributed by atoms with Crippen LogP contribution in [-0.4, -0.2) is 28.1 Å². The van der Waals surface area contributed by atoms with E-state index in [1.165, 1.54) is 0 Å². The van der Waals surface area contributed by atoms with E-state index in [9.17, 15) is 9.00 Å². The fourth-order valence-electron chi connectivity index (χ4n) is 3.98. The Morgan fingerprint density at radius 1 is 0.909 bits per heavy atom. The quantitative estimate of drug-likeness (QED) is 0.315. The van der Waals surface area contributed by atoms with Crippen LogP contribution in [0.25, 0.3) is 10.5 Å². The molecule has 0 aromatic heterocycles. The zero-order valence-corrected chi connectivity index (χ0v) is 19.7. The van der Waals surface area contributed by atoms with Gasteiger partial charge in [0, 0.05) is 34.8 Å². The van der Waals surface area contributed by atoms with E-state index >= 15 is 0 Å². The van der Waals surface area contributed by atoms with Gasteiger partial charge in [0.25, 0.3) is 0 Å². The van der Waals surface area contributed by atoms with Gasteiger partial charge in [-0.15, -0.1) is 18.2 Å². The highest BCUT2D eigenvalue weighted by atomic mass is 35.5. The van der Waals surface area contributed by atoms with E-state index in [1.54, 1.807) is 24.3 Å². The SMILES string of the molecule is C=C.O=C(C1=C(c2ccc(Cl)cc2)S(=O)c2ccccc21)c1ccc(ON2CCCC2)cc1. The third-order valence-corrected chi connectivity index (χ3v) is 7.34. The van der Waals surface area contributed by atoms with Crippen LogP contribution in [0.4, 0.5) is 0 Å². The average Bonchev–Trinajstić information content (AvgIpc) is 3.47. The molecular weight excluding hydrogens is 454 g/mol. The Hall–Kier alpha value is -2.99. The van der Waals surface area contributed by atoms with Crippen LogP contribution in [0.5, 0.6) is 5.75 Å². The molecule has 0 N–H and O–H groups in total. The van der Waals surface area contributed by atoms with Crippen molar-refractivity contribution >= 4 is 38.7 Å². The maximum atomic E-state index is 13.6. The van der Waals surface area contributed by atoms with E-state index < -0.39 is 10.8 Å². The molecule has 2 heterocycles. The van der Waals surface area contributed by atoms with Crippen LogP contribution in [0.15, 0.2) is 90.8 Å². The van der Waals surface area contributed by atoms with Crippen LogP contribution in [0.2, 0.25) is 5.02 Å². The summed E-state index contributed by atoms with van der Waals surface area (Å²) in [6, 6.07) is 21.6. The van der Waals surface area contributed by atoms with Gasteiger partial charge in [0.1, 0.15) is 5.75 Å². The summed E-state index contributed by atoms with van der Waals surface area (Å²) in [6.07, 6.45) is 2.27. The van der Waals surface area contributed by atoms with Crippen LogP contribution in [0.3, 0.4) is 0 Å². The second-order valence-corrected chi connectivity index (χ2v) is 9.38. The molecule has 5 rings (SSSR count). The number of carbonyl (C=O) groups excluding carboxylic acids is 1. The third kappa shape index (κ3) is 4.71. The van der Waals surface area contributed by atoms with Crippen LogP contribution in [0, 0.1) is 0 Å². The monoisotopic (exact) mass is 477 g/mol. The molecule has 3 aromatic carbocycles. The number of ketones is 1. The van der Waals surface area contributed by atoms with Crippen LogP contribution >= 0.6 is 11.6 Å². The zero-order valence-electron chi connectivity index (χ0n) is 18.1. The molecule has 6 heteroatoms. The Labute approximate surface area is 201 Å². The van der Waals surface area contributed by atoms with E-state index in [0.29, 0.717) is 37.3 Å². The molecular formula is C27H24ClNO3S. The Balaban J connectivity index is 0.00000126. The minimum atomic E-state index is -1.44. The maximum Gasteiger partial charge on any atom is 0.194 e. The van der Waals surface area contributed by atoms with Gasteiger partial charge < -0.3 is 4.84 Å². The first-order valence-corrected chi connectivity index (χ1v) is 12.2. The number of hydroxylamine groups is 2. The molecule has 0 aliphatic carbocycles. The molecule has 4 nitrogen and oxygen atoms in total. The average molecular weight is 478 g/mol. The van der Waals surface area contributed by atoms with Gasteiger partial charge in [-0.05, 0) is 60.9 Å². The number of rotatable bonds is 5. The predicted octanol–water partition coefficient (Wildman–Crippen LogP) is 6.40. The number of benzene rings is 3. The predicted molar refractivity (Wildman–Crippen MR) is 135 cm³/mol. The van der Waals surface area contributed by atoms with Crippen molar-refractivity contribution in [1.29, 1.82) is 0 Å². The van der Waals surface area contributed by atoms with Crippen LogP contribution in [0.1, 0.15) is 34.3 Å². The van der Waals surface area contributed by atoms with Crippen molar-refractivity contribution in [3.63, 3.8) is 0 Å². The van der Waals surface area contributed by atoms with E-state index in [1.807, 2.05) is 53.6 Å². The summed E-state index contributed by atoms with van der Waals surface area (Å²) >= 11 is 6.04. The minimum Gasteiger partial charge on any atom is -0.406 e. The van der Waals surface area contributed by atoms with Crippen molar-refractivity contribution in [1.82, 2.24) is 5.06 Å². The molecule has 2 aliphatic heterocycles. The van der Waals surface area contributed by atoms with Crippen molar-refractivity contribution in [3.05, 3.63) is 108 Å². The molecule has 1 saturated heterocycles. The number of Topliss-reactive ketones (excluding diaryl/α,β-unsaturated/α-hetero) is 1.